The van der Waals surface area contributed by atoms with Crippen LogP contribution in [0.1, 0.15) is 24.0 Å². The molecule has 2 rings (SSSR count). The molecule has 0 radical (unpaired) electrons. The van der Waals surface area contributed by atoms with Crippen LogP contribution in [0.2, 0.25) is 0 Å². The van der Waals surface area contributed by atoms with Crippen molar-refractivity contribution in [3.8, 4) is 0 Å². The number of carbonyl (C=O) groups is 1. The van der Waals surface area contributed by atoms with Crippen molar-refractivity contribution in [1.29, 1.82) is 0 Å². The summed E-state index contributed by atoms with van der Waals surface area (Å²) in [6.45, 7) is 3.57. The van der Waals surface area contributed by atoms with Crippen molar-refractivity contribution in [1.82, 2.24) is 9.88 Å². The normalized spacial score (nSPS) is 20.4. The predicted molar refractivity (Wildman–Crippen MR) is 64.4 cm³/mol. The van der Waals surface area contributed by atoms with Crippen molar-refractivity contribution >= 4 is 17.2 Å². The van der Waals surface area contributed by atoms with Crippen LogP contribution in [0.25, 0.3) is 0 Å². The number of nitrogens with zero attached hydrogens (tertiary/aromatic N) is 2. The monoisotopic (exact) mass is 239 g/mol. The Labute approximate surface area is 99.5 Å². The number of hydrogen-bond acceptors (Lipinski definition) is 4. The molecule has 4 nitrogen and oxygen atoms in total. The third-order valence-electron chi connectivity index (χ3n) is 2.81. The van der Waals surface area contributed by atoms with Crippen molar-refractivity contribution in [3.63, 3.8) is 0 Å². The lowest BCUT2D eigenvalue weighted by Crippen LogP contribution is -2.32. The summed E-state index contributed by atoms with van der Waals surface area (Å²) in [4.78, 5) is 18.1. The Balaban J connectivity index is 1.91. The van der Waals surface area contributed by atoms with Crippen LogP contribution in [0.15, 0.2) is 5.38 Å². The van der Waals surface area contributed by atoms with Gasteiger partial charge in [0.05, 0.1) is 17.1 Å². The molecule has 0 saturated carbocycles. The van der Waals surface area contributed by atoms with Gasteiger partial charge in [0.1, 0.15) is 0 Å². The molecule has 1 aromatic heterocycles. The molecule has 0 aliphatic carbocycles. The molecule has 1 aliphatic heterocycles. The summed E-state index contributed by atoms with van der Waals surface area (Å²) in [5.41, 5.74) is 6.67. The fourth-order valence-corrected chi connectivity index (χ4v) is 2.62. The van der Waals surface area contributed by atoms with E-state index in [1.807, 2.05) is 10.3 Å². The van der Waals surface area contributed by atoms with Crippen LogP contribution in [0, 0.1) is 0 Å². The van der Waals surface area contributed by atoms with Crippen LogP contribution in [0.3, 0.4) is 0 Å². The highest BCUT2D eigenvalue weighted by Gasteiger charge is 2.23. The summed E-state index contributed by atoms with van der Waals surface area (Å²) in [5, 5.41) is 3.08. The van der Waals surface area contributed by atoms with Gasteiger partial charge in [0, 0.05) is 24.5 Å². The summed E-state index contributed by atoms with van der Waals surface area (Å²) in [7, 11) is 0. The number of aryl methyl sites for hydroxylation is 1. The summed E-state index contributed by atoms with van der Waals surface area (Å²) >= 11 is 1.63. The molecule has 2 N–H and O–H groups in total. The maximum absolute atomic E-state index is 11.9. The molecule has 0 aromatic carbocycles. The van der Waals surface area contributed by atoms with Gasteiger partial charge in [-0.05, 0) is 12.8 Å². The first-order valence-corrected chi connectivity index (χ1v) is 6.53. The zero-order valence-electron chi connectivity index (χ0n) is 9.48. The van der Waals surface area contributed by atoms with Gasteiger partial charge in [-0.1, -0.05) is 6.92 Å². The Hall–Kier alpha value is -0.940. The average Bonchev–Trinajstić information content (AvgIpc) is 2.87. The Morgan fingerprint density at radius 2 is 2.56 bits per heavy atom. The molecular weight excluding hydrogens is 222 g/mol. The molecule has 88 valence electrons. The second-order valence-corrected chi connectivity index (χ2v) is 5.09. The molecule has 1 fully saturated rings. The van der Waals surface area contributed by atoms with Crippen LogP contribution < -0.4 is 5.73 Å². The average molecular weight is 239 g/mol. The van der Waals surface area contributed by atoms with E-state index < -0.39 is 0 Å². The predicted octanol–water partition coefficient (Wildman–Crippen LogP) is 0.808. The van der Waals surface area contributed by atoms with E-state index in [0.29, 0.717) is 13.0 Å². The largest absolute Gasteiger partial charge is 0.341 e. The Morgan fingerprint density at radius 1 is 1.75 bits per heavy atom. The van der Waals surface area contributed by atoms with Crippen molar-refractivity contribution in [3.05, 3.63) is 16.1 Å². The van der Waals surface area contributed by atoms with E-state index in [-0.39, 0.29) is 11.9 Å². The summed E-state index contributed by atoms with van der Waals surface area (Å²) in [6, 6.07) is 0.158. The number of hydrogen-bond donors (Lipinski definition) is 1. The number of aromatic nitrogens is 1. The highest BCUT2D eigenvalue weighted by molar-refractivity contribution is 7.09. The SMILES string of the molecule is CCc1nc(CC(=O)N2CC[C@H](N)C2)cs1. The quantitative estimate of drug-likeness (QED) is 0.849. The fourth-order valence-electron chi connectivity index (χ4n) is 1.87. The topological polar surface area (TPSA) is 59.2 Å². The van der Waals surface area contributed by atoms with Crippen molar-refractivity contribution in [2.75, 3.05) is 13.1 Å². The van der Waals surface area contributed by atoms with E-state index in [0.717, 1.165) is 30.1 Å². The van der Waals surface area contributed by atoms with Gasteiger partial charge < -0.3 is 10.6 Å². The minimum absolute atomic E-state index is 0.154. The van der Waals surface area contributed by atoms with E-state index in [1.165, 1.54) is 0 Å². The van der Waals surface area contributed by atoms with Gasteiger partial charge in [-0.25, -0.2) is 4.98 Å². The van der Waals surface area contributed by atoms with E-state index in [2.05, 4.69) is 11.9 Å². The first-order valence-electron chi connectivity index (χ1n) is 5.65. The van der Waals surface area contributed by atoms with Gasteiger partial charge >= 0.3 is 0 Å². The van der Waals surface area contributed by atoms with Crippen LogP contribution >= 0.6 is 11.3 Å². The van der Waals surface area contributed by atoms with Gasteiger partial charge in [-0.3, -0.25) is 4.79 Å². The standard InChI is InChI=1S/C11H17N3OS/c1-2-10-13-9(7-16-10)5-11(15)14-4-3-8(12)6-14/h7-8H,2-6,12H2,1H3/t8-/m0/s1. The number of carbonyl (C=O) groups excluding carboxylic acids is 1. The first-order chi connectivity index (χ1) is 7.69. The Bertz CT molecular complexity index is 377. The number of thiazole rings is 1. The van der Waals surface area contributed by atoms with Gasteiger partial charge in [0.2, 0.25) is 5.91 Å². The number of likely N-dealkylation sites (tertiary alicyclic amines) is 1. The van der Waals surface area contributed by atoms with Gasteiger partial charge in [-0.2, -0.15) is 0 Å². The van der Waals surface area contributed by atoms with E-state index in [9.17, 15) is 4.79 Å². The van der Waals surface area contributed by atoms with Crippen molar-refractivity contribution in [2.45, 2.75) is 32.2 Å². The second-order valence-electron chi connectivity index (χ2n) is 4.15. The third-order valence-corrected chi connectivity index (χ3v) is 3.85. The molecule has 1 atom stereocenters. The lowest BCUT2D eigenvalue weighted by atomic mass is 10.3. The van der Waals surface area contributed by atoms with E-state index >= 15 is 0 Å². The molecule has 0 spiro atoms. The lowest BCUT2D eigenvalue weighted by molar-refractivity contribution is -0.129. The van der Waals surface area contributed by atoms with Crippen molar-refractivity contribution < 1.29 is 4.79 Å². The first kappa shape index (κ1) is 11.5. The second kappa shape index (κ2) is 4.93. The highest BCUT2D eigenvalue weighted by Crippen LogP contribution is 2.13. The van der Waals surface area contributed by atoms with Crippen LogP contribution in [-0.2, 0) is 17.6 Å². The minimum Gasteiger partial charge on any atom is -0.341 e. The third kappa shape index (κ3) is 2.59. The molecule has 0 bridgehead atoms. The van der Waals surface area contributed by atoms with Crippen LogP contribution in [-0.4, -0.2) is 34.9 Å². The number of nitrogens with two attached hydrogens (primary N) is 1. The zero-order valence-corrected chi connectivity index (χ0v) is 10.3. The molecule has 0 unspecified atom stereocenters. The Morgan fingerprint density at radius 3 is 3.12 bits per heavy atom. The molecular formula is C11H17N3OS. The molecule has 1 aromatic rings. The van der Waals surface area contributed by atoms with E-state index in [4.69, 9.17) is 5.73 Å². The molecule has 16 heavy (non-hydrogen) atoms. The van der Waals surface area contributed by atoms with Crippen molar-refractivity contribution in [2.24, 2.45) is 5.73 Å². The van der Waals surface area contributed by atoms with E-state index in [1.54, 1.807) is 11.3 Å². The summed E-state index contributed by atoms with van der Waals surface area (Å²) < 4.78 is 0. The molecule has 1 aliphatic rings. The zero-order chi connectivity index (χ0) is 11.5. The minimum atomic E-state index is 0.154. The van der Waals surface area contributed by atoms with Crippen LogP contribution in [0.4, 0.5) is 0 Å². The smallest absolute Gasteiger partial charge is 0.228 e. The summed E-state index contributed by atoms with van der Waals surface area (Å²) in [5.74, 6) is 0.154. The summed E-state index contributed by atoms with van der Waals surface area (Å²) in [6.07, 6.45) is 2.28. The maximum Gasteiger partial charge on any atom is 0.228 e. The van der Waals surface area contributed by atoms with Gasteiger partial charge in [-0.15, -0.1) is 11.3 Å². The Kier molecular flexibility index (Phi) is 3.56. The molecule has 2 heterocycles. The number of rotatable bonds is 3. The lowest BCUT2D eigenvalue weighted by Gasteiger charge is -2.14. The molecule has 1 amide bonds. The van der Waals surface area contributed by atoms with Gasteiger partial charge in [0.15, 0.2) is 0 Å². The molecule has 5 heteroatoms. The van der Waals surface area contributed by atoms with Gasteiger partial charge in [0.25, 0.3) is 0 Å². The highest BCUT2D eigenvalue weighted by atomic mass is 32.1. The van der Waals surface area contributed by atoms with Crippen LogP contribution in [0.5, 0.6) is 0 Å². The fraction of sp³-hybridized carbons (Fsp3) is 0.636. The maximum atomic E-state index is 11.9. The number of amides is 1. The molecule has 1 saturated heterocycles.